The zero-order valence-corrected chi connectivity index (χ0v) is 8.15. The standard InChI is InChI=1S/C7H7N3O4S/c8-15(12,13)4-1-2-6-5(3-4)9-7(10-11)14-6/h1-3,11H,(H,9,10)(H2,8,12,13). The molecule has 4 N–H and O–H groups in total. The van der Waals surface area contributed by atoms with Crippen molar-refractivity contribution < 1.29 is 18.0 Å². The van der Waals surface area contributed by atoms with E-state index in [1.165, 1.54) is 18.2 Å². The lowest BCUT2D eigenvalue weighted by Gasteiger charge is -1.95. The molecule has 80 valence electrons. The lowest BCUT2D eigenvalue weighted by molar-refractivity contribution is 0.362. The summed E-state index contributed by atoms with van der Waals surface area (Å²) in [6.45, 7) is 0. The molecule has 0 bridgehead atoms. The maximum atomic E-state index is 11.0. The summed E-state index contributed by atoms with van der Waals surface area (Å²) in [6, 6.07) is 3.85. The van der Waals surface area contributed by atoms with Crippen molar-refractivity contribution in [1.82, 2.24) is 4.98 Å². The van der Waals surface area contributed by atoms with E-state index in [-0.39, 0.29) is 16.4 Å². The van der Waals surface area contributed by atoms with Crippen LogP contribution in [0.4, 0.5) is 6.01 Å². The maximum Gasteiger partial charge on any atom is 0.320 e. The number of nitrogens with two attached hydrogens (primary N) is 1. The molecule has 15 heavy (non-hydrogen) atoms. The molecule has 0 unspecified atom stereocenters. The van der Waals surface area contributed by atoms with E-state index in [9.17, 15) is 8.42 Å². The average molecular weight is 229 g/mol. The number of oxazole rings is 1. The van der Waals surface area contributed by atoms with Crippen LogP contribution in [0, 0.1) is 0 Å². The summed E-state index contributed by atoms with van der Waals surface area (Å²) in [5.74, 6) is 0. The van der Waals surface area contributed by atoms with E-state index in [2.05, 4.69) is 4.98 Å². The molecule has 0 saturated heterocycles. The van der Waals surface area contributed by atoms with Crippen LogP contribution in [0.25, 0.3) is 11.1 Å². The quantitative estimate of drug-likeness (QED) is 0.636. The number of fused-ring (bicyclic) bond motifs is 1. The van der Waals surface area contributed by atoms with E-state index >= 15 is 0 Å². The molecule has 2 rings (SSSR count). The van der Waals surface area contributed by atoms with Crippen molar-refractivity contribution in [3.05, 3.63) is 18.2 Å². The van der Waals surface area contributed by atoms with Crippen LogP contribution in [0.3, 0.4) is 0 Å². The molecule has 0 atom stereocenters. The Morgan fingerprint density at radius 2 is 2.20 bits per heavy atom. The van der Waals surface area contributed by atoms with Crippen molar-refractivity contribution in [3.8, 4) is 0 Å². The highest BCUT2D eigenvalue weighted by Gasteiger charge is 2.11. The molecule has 1 heterocycles. The van der Waals surface area contributed by atoms with Crippen LogP contribution in [-0.4, -0.2) is 18.6 Å². The van der Waals surface area contributed by atoms with Crippen molar-refractivity contribution in [2.75, 3.05) is 5.48 Å². The predicted octanol–water partition coefficient (Wildman–Crippen LogP) is 0.276. The van der Waals surface area contributed by atoms with Crippen molar-refractivity contribution in [2.24, 2.45) is 5.14 Å². The summed E-state index contributed by atoms with van der Waals surface area (Å²) < 4.78 is 27.0. The third kappa shape index (κ3) is 1.77. The summed E-state index contributed by atoms with van der Waals surface area (Å²) in [5, 5.41) is 13.5. The Morgan fingerprint density at radius 1 is 1.47 bits per heavy atom. The zero-order valence-electron chi connectivity index (χ0n) is 7.34. The fourth-order valence-corrected chi connectivity index (χ4v) is 1.67. The van der Waals surface area contributed by atoms with E-state index in [1.54, 1.807) is 5.48 Å². The van der Waals surface area contributed by atoms with E-state index in [0.29, 0.717) is 5.58 Å². The molecule has 1 aromatic carbocycles. The molecule has 0 radical (unpaired) electrons. The Labute approximate surface area is 84.5 Å². The number of nitrogens with zero attached hydrogens (tertiary/aromatic N) is 1. The van der Waals surface area contributed by atoms with E-state index in [0.717, 1.165) is 0 Å². The highest BCUT2D eigenvalue weighted by atomic mass is 32.2. The minimum Gasteiger partial charge on any atom is -0.422 e. The second kappa shape index (κ2) is 3.19. The van der Waals surface area contributed by atoms with Crippen LogP contribution in [0.5, 0.6) is 0 Å². The summed E-state index contributed by atoms with van der Waals surface area (Å²) in [6.07, 6.45) is 0. The molecular weight excluding hydrogens is 222 g/mol. The van der Waals surface area contributed by atoms with Gasteiger partial charge in [-0.3, -0.25) is 5.21 Å². The summed E-state index contributed by atoms with van der Waals surface area (Å²) in [5.41, 5.74) is 2.35. The molecule has 0 spiro atoms. The molecule has 8 heteroatoms. The minimum atomic E-state index is -3.76. The number of primary sulfonamides is 1. The first-order valence-electron chi connectivity index (χ1n) is 3.84. The Morgan fingerprint density at radius 3 is 2.80 bits per heavy atom. The summed E-state index contributed by atoms with van der Waals surface area (Å²) >= 11 is 0. The molecule has 2 aromatic rings. The molecule has 0 saturated carbocycles. The topological polar surface area (TPSA) is 118 Å². The minimum absolute atomic E-state index is 0.0622. The molecule has 0 amide bonds. The van der Waals surface area contributed by atoms with Crippen molar-refractivity contribution >= 4 is 27.1 Å². The second-order valence-electron chi connectivity index (χ2n) is 2.81. The lowest BCUT2D eigenvalue weighted by Crippen LogP contribution is -2.11. The van der Waals surface area contributed by atoms with Crippen LogP contribution >= 0.6 is 0 Å². The molecule has 7 nitrogen and oxygen atoms in total. The monoisotopic (exact) mass is 229 g/mol. The number of rotatable bonds is 2. The van der Waals surface area contributed by atoms with Gasteiger partial charge in [0.15, 0.2) is 5.58 Å². The van der Waals surface area contributed by atoms with Crippen molar-refractivity contribution in [2.45, 2.75) is 4.90 Å². The van der Waals surface area contributed by atoms with E-state index in [4.69, 9.17) is 14.8 Å². The van der Waals surface area contributed by atoms with Gasteiger partial charge < -0.3 is 4.42 Å². The highest BCUT2D eigenvalue weighted by molar-refractivity contribution is 7.89. The van der Waals surface area contributed by atoms with Gasteiger partial charge in [-0.15, -0.1) is 0 Å². The highest BCUT2D eigenvalue weighted by Crippen LogP contribution is 2.21. The van der Waals surface area contributed by atoms with Crippen molar-refractivity contribution in [3.63, 3.8) is 0 Å². The second-order valence-corrected chi connectivity index (χ2v) is 4.37. The maximum absolute atomic E-state index is 11.0. The van der Waals surface area contributed by atoms with Gasteiger partial charge in [0.2, 0.25) is 10.0 Å². The van der Waals surface area contributed by atoms with Crippen LogP contribution < -0.4 is 10.6 Å². The fraction of sp³-hybridized carbons (Fsp3) is 0. The number of sulfonamides is 1. The van der Waals surface area contributed by atoms with Gasteiger partial charge >= 0.3 is 6.01 Å². The van der Waals surface area contributed by atoms with Crippen molar-refractivity contribution in [1.29, 1.82) is 0 Å². The van der Waals surface area contributed by atoms with Gasteiger partial charge in [-0.25, -0.2) is 19.0 Å². The first-order valence-corrected chi connectivity index (χ1v) is 5.39. The number of benzene rings is 1. The third-order valence-electron chi connectivity index (χ3n) is 1.78. The molecule has 0 aliphatic rings. The van der Waals surface area contributed by atoms with Gasteiger partial charge in [0.1, 0.15) is 5.52 Å². The average Bonchev–Trinajstić information content (AvgIpc) is 2.57. The van der Waals surface area contributed by atoms with E-state index < -0.39 is 10.0 Å². The predicted molar refractivity (Wildman–Crippen MR) is 50.8 cm³/mol. The van der Waals surface area contributed by atoms with Gasteiger partial charge in [-0.05, 0) is 18.2 Å². The Hall–Kier alpha value is -1.64. The first kappa shape index (κ1) is 9.90. The number of nitrogens with one attached hydrogen (secondary N) is 1. The Kier molecular flexibility index (Phi) is 2.11. The largest absolute Gasteiger partial charge is 0.422 e. The van der Waals surface area contributed by atoms with Gasteiger partial charge in [0, 0.05) is 0 Å². The van der Waals surface area contributed by atoms with Crippen LogP contribution in [0.15, 0.2) is 27.5 Å². The van der Waals surface area contributed by atoms with Crippen LogP contribution in [0.2, 0.25) is 0 Å². The number of anilines is 1. The molecular formula is C7H7N3O4S. The fourth-order valence-electron chi connectivity index (χ4n) is 1.13. The molecule has 0 fully saturated rings. The number of hydrogen-bond donors (Lipinski definition) is 3. The lowest BCUT2D eigenvalue weighted by atomic mass is 10.3. The SMILES string of the molecule is NS(=O)(=O)c1ccc2oc(NO)nc2c1. The zero-order chi connectivity index (χ0) is 11.1. The first-order chi connectivity index (χ1) is 7.00. The molecule has 0 aliphatic heterocycles. The number of aromatic nitrogens is 1. The van der Waals surface area contributed by atoms with Gasteiger partial charge in [-0.2, -0.15) is 4.98 Å². The van der Waals surface area contributed by atoms with Gasteiger partial charge in [-0.1, -0.05) is 0 Å². The third-order valence-corrected chi connectivity index (χ3v) is 2.69. The summed E-state index contributed by atoms with van der Waals surface area (Å²) in [4.78, 5) is 3.70. The smallest absolute Gasteiger partial charge is 0.320 e. The van der Waals surface area contributed by atoms with Crippen LogP contribution in [-0.2, 0) is 10.0 Å². The Balaban J connectivity index is 2.66. The van der Waals surface area contributed by atoms with E-state index in [1.807, 2.05) is 0 Å². The summed E-state index contributed by atoms with van der Waals surface area (Å²) in [7, 11) is -3.76. The van der Waals surface area contributed by atoms with Gasteiger partial charge in [0.25, 0.3) is 0 Å². The number of hydrogen-bond acceptors (Lipinski definition) is 6. The normalized spacial score (nSPS) is 11.9. The molecule has 1 aromatic heterocycles. The van der Waals surface area contributed by atoms with Crippen LogP contribution in [0.1, 0.15) is 0 Å². The van der Waals surface area contributed by atoms with Gasteiger partial charge in [0.05, 0.1) is 4.90 Å². The Bertz CT molecular complexity index is 604. The molecule has 0 aliphatic carbocycles.